The number of carboxylic acid groups (broad SMARTS) is 1. The molecule has 98 valence electrons. The average molecular weight is 268 g/mol. The van der Waals surface area contributed by atoms with E-state index in [0.29, 0.717) is 6.42 Å². The highest BCUT2D eigenvalue weighted by molar-refractivity contribution is 6.31. The third-order valence-corrected chi connectivity index (χ3v) is 3.71. The number of rotatable bonds is 5. The van der Waals surface area contributed by atoms with E-state index < -0.39 is 5.97 Å². The van der Waals surface area contributed by atoms with Crippen LogP contribution in [-0.4, -0.2) is 24.2 Å². The van der Waals surface area contributed by atoms with Gasteiger partial charge in [0.15, 0.2) is 0 Å². The van der Waals surface area contributed by atoms with Crippen molar-refractivity contribution in [1.82, 2.24) is 0 Å². The van der Waals surface area contributed by atoms with Crippen molar-refractivity contribution < 1.29 is 9.90 Å². The molecule has 0 aromatic heterocycles. The number of anilines is 1. The zero-order valence-electron chi connectivity index (χ0n) is 10.4. The lowest BCUT2D eigenvalue weighted by Gasteiger charge is -2.22. The Kier molecular flexibility index (Phi) is 4.48. The molecule has 0 atom stereocenters. The second-order valence-corrected chi connectivity index (χ2v) is 5.09. The molecule has 0 radical (unpaired) electrons. The Labute approximate surface area is 112 Å². The van der Waals surface area contributed by atoms with Crippen molar-refractivity contribution in [3.05, 3.63) is 28.8 Å². The van der Waals surface area contributed by atoms with Crippen LogP contribution in [0.1, 0.15) is 31.2 Å². The van der Waals surface area contributed by atoms with Crippen molar-refractivity contribution in [2.75, 3.05) is 18.0 Å². The maximum absolute atomic E-state index is 10.6. The fourth-order valence-electron chi connectivity index (χ4n) is 2.47. The van der Waals surface area contributed by atoms with E-state index in [0.717, 1.165) is 30.1 Å². The average Bonchev–Trinajstić information content (AvgIpc) is 2.84. The minimum atomic E-state index is -0.746. The van der Waals surface area contributed by atoms with Crippen LogP contribution in [-0.2, 0) is 11.2 Å². The lowest BCUT2D eigenvalue weighted by Crippen LogP contribution is -2.19. The first-order valence-corrected chi connectivity index (χ1v) is 6.80. The van der Waals surface area contributed by atoms with E-state index in [4.69, 9.17) is 16.7 Å². The first-order chi connectivity index (χ1) is 8.68. The van der Waals surface area contributed by atoms with Crippen LogP contribution in [0.15, 0.2) is 18.2 Å². The van der Waals surface area contributed by atoms with Gasteiger partial charge < -0.3 is 10.0 Å². The van der Waals surface area contributed by atoms with Crippen molar-refractivity contribution in [1.29, 1.82) is 0 Å². The number of benzene rings is 1. The first kappa shape index (κ1) is 13.2. The molecular weight excluding hydrogens is 250 g/mol. The van der Waals surface area contributed by atoms with Crippen LogP contribution in [0.2, 0.25) is 5.02 Å². The van der Waals surface area contributed by atoms with E-state index in [1.807, 2.05) is 12.1 Å². The lowest BCUT2D eigenvalue weighted by atomic mass is 10.1. The van der Waals surface area contributed by atoms with Gasteiger partial charge in [-0.1, -0.05) is 17.7 Å². The Morgan fingerprint density at radius 3 is 2.72 bits per heavy atom. The molecule has 0 amide bonds. The molecule has 1 aromatic rings. The Bertz CT molecular complexity index is 428. The van der Waals surface area contributed by atoms with Gasteiger partial charge in [0.2, 0.25) is 0 Å². The largest absolute Gasteiger partial charge is 0.481 e. The van der Waals surface area contributed by atoms with Gasteiger partial charge in [0.25, 0.3) is 0 Å². The molecule has 18 heavy (non-hydrogen) atoms. The molecule has 0 aliphatic carbocycles. The molecule has 3 nitrogen and oxygen atoms in total. The monoisotopic (exact) mass is 267 g/mol. The third kappa shape index (κ3) is 3.16. The Morgan fingerprint density at radius 1 is 1.33 bits per heavy atom. The molecule has 1 fully saturated rings. The predicted molar refractivity (Wildman–Crippen MR) is 73.5 cm³/mol. The van der Waals surface area contributed by atoms with Crippen LogP contribution >= 0.6 is 11.6 Å². The van der Waals surface area contributed by atoms with Crippen molar-refractivity contribution in [2.45, 2.75) is 32.1 Å². The number of hydrogen-bond acceptors (Lipinski definition) is 2. The van der Waals surface area contributed by atoms with Gasteiger partial charge in [-0.15, -0.1) is 0 Å². The van der Waals surface area contributed by atoms with Crippen LogP contribution < -0.4 is 4.90 Å². The normalized spacial score (nSPS) is 15.1. The van der Waals surface area contributed by atoms with Gasteiger partial charge >= 0.3 is 5.97 Å². The van der Waals surface area contributed by atoms with Gasteiger partial charge in [-0.2, -0.15) is 0 Å². The number of hydrogen-bond donors (Lipinski definition) is 1. The van der Waals surface area contributed by atoms with Crippen molar-refractivity contribution >= 4 is 23.3 Å². The third-order valence-electron chi connectivity index (χ3n) is 3.36. The van der Waals surface area contributed by atoms with Crippen LogP contribution in [0.4, 0.5) is 5.69 Å². The SMILES string of the molecule is O=C(O)CCCc1c(Cl)cccc1N1CCCC1. The summed E-state index contributed by atoms with van der Waals surface area (Å²) in [4.78, 5) is 12.9. The van der Waals surface area contributed by atoms with E-state index in [-0.39, 0.29) is 6.42 Å². The summed E-state index contributed by atoms with van der Waals surface area (Å²) < 4.78 is 0. The highest BCUT2D eigenvalue weighted by atomic mass is 35.5. The zero-order valence-corrected chi connectivity index (χ0v) is 11.1. The van der Waals surface area contributed by atoms with E-state index in [1.54, 1.807) is 0 Å². The van der Waals surface area contributed by atoms with Gasteiger partial charge in [-0.05, 0) is 43.4 Å². The molecule has 0 bridgehead atoms. The zero-order chi connectivity index (χ0) is 13.0. The van der Waals surface area contributed by atoms with Gasteiger partial charge in [0.1, 0.15) is 0 Å². The van der Waals surface area contributed by atoms with Gasteiger partial charge in [0.05, 0.1) is 0 Å². The topological polar surface area (TPSA) is 40.5 Å². The van der Waals surface area contributed by atoms with E-state index >= 15 is 0 Å². The number of carbonyl (C=O) groups is 1. The maximum atomic E-state index is 10.6. The molecule has 4 heteroatoms. The van der Waals surface area contributed by atoms with Crippen LogP contribution in [0.3, 0.4) is 0 Å². The van der Waals surface area contributed by atoms with Crippen molar-refractivity contribution in [3.8, 4) is 0 Å². The molecule has 1 aliphatic heterocycles. The summed E-state index contributed by atoms with van der Waals surface area (Å²) in [6.07, 6.45) is 4.02. The van der Waals surface area contributed by atoms with Crippen LogP contribution in [0.25, 0.3) is 0 Å². The molecule has 0 unspecified atom stereocenters. The standard InChI is InChI=1S/C14H18ClNO2/c15-12-6-4-7-13(16-9-1-2-10-16)11(12)5-3-8-14(17)18/h4,6-7H,1-3,5,8-10H2,(H,17,18). The minimum absolute atomic E-state index is 0.199. The highest BCUT2D eigenvalue weighted by Gasteiger charge is 2.17. The maximum Gasteiger partial charge on any atom is 0.303 e. The first-order valence-electron chi connectivity index (χ1n) is 6.42. The number of halogens is 1. The summed E-state index contributed by atoms with van der Waals surface area (Å²) >= 11 is 6.25. The number of carboxylic acids is 1. The quantitative estimate of drug-likeness (QED) is 0.889. The van der Waals surface area contributed by atoms with Crippen LogP contribution in [0.5, 0.6) is 0 Å². The molecule has 0 spiro atoms. The van der Waals surface area contributed by atoms with E-state index in [9.17, 15) is 4.79 Å². The molecule has 1 aliphatic rings. The Balaban J connectivity index is 2.13. The number of nitrogens with zero attached hydrogens (tertiary/aromatic N) is 1. The van der Waals surface area contributed by atoms with E-state index in [1.165, 1.54) is 18.5 Å². The second kappa shape index (κ2) is 6.10. The molecule has 0 saturated carbocycles. The predicted octanol–water partition coefficient (Wildman–Crippen LogP) is 3.35. The molecule has 1 N–H and O–H groups in total. The molecule has 1 heterocycles. The van der Waals surface area contributed by atoms with Crippen LogP contribution in [0, 0.1) is 0 Å². The summed E-state index contributed by atoms with van der Waals surface area (Å²) in [6.45, 7) is 2.15. The number of aliphatic carboxylic acids is 1. The Morgan fingerprint density at radius 2 is 2.06 bits per heavy atom. The van der Waals surface area contributed by atoms with E-state index in [2.05, 4.69) is 11.0 Å². The van der Waals surface area contributed by atoms with Crippen molar-refractivity contribution in [2.24, 2.45) is 0 Å². The fraction of sp³-hybridized carbons (Fsp3) is 0.500. The van der Waals surface area contributed by atoms with Gasteiger partial charge in [0, 0.05) is 30.2 Å². The smallest absolute Gasteiger partial charge is 0.303 e. The summed E-state index contributed by atoms with van der Waals surface area (Å²) in [5.41, 5.74) is 2.28. The minimum Gasteiger partial charge on any atom is -0.481 e. The summed E-state index contributed by atoms with van der Waals surface area (Å²) in [5.74, 6) is -0.746. The second-order valence-electron chi connectivity index (χ2n) is 4.68. The highest BCUT2D eigenvalue weighted by Crippen LogP contribution is 2.31. The molecule has 1 saturated heterocycles. The molecule has 2 rings (SSSR count). The summed E-state index contributed by atoms with van der Waals surface area (Å²) in [5, 5.41) is 9.45. The summed E-state index contributed by atoms with van der Waals surface area (Å²) in [7, 11) is 0. The Hall–Kier alpha value is -1.22. The van der Waals surface area contributed by atoms with Gasteiger partial charge in [-0.3, -0.25) is 4.79 Å². The summed E-state index contributed by atoms with van der Waals surface area (Å²) in [6, 6.07) is 5.95. The van der Waals surface area contributed by atoms with Gasteiger partial charge in [-0.25, -0.2) is 0 Å². The lowest BCUT2D eigenvalue weighted by molar-refractivity contribution is -0.137. The van der Waals surface area contributed by atoms with Crippen molar-refractivity contribution in [3.63, 3.8) is 0 Å². The molecular formula is C14H18ClNO2. The molecule has 1 aromatic carbocycles. The fourth-order valence-corrected chi connectivity index (χ4v) is 2.73.